The van der Waals surface area contributed by atoms with Gasteiger partial charge < -0.3 is 5.11 Å². The van der Waals surface area contributed by atoms with Gasteiger partial charge in [0, 0.05) is 5.25 Å². The Bertz CT molecular complexity index is 119. The molecule has 0 aromatic rings. The summed E-state index contributed by atoms with van der Waals surface area (Å²) >= 11 is 1.81. The second kappa shape index (κ2) is 3.86. The van der Waals surface area contributed by atoms with Crippen molar-refractivity contribution in [2.75, 3.05) is 5.75 Å². The number of hydrogen-bond donors (Lipinski definition) is 1. The van der Waals surface area contributed by atoms with Crippen molar-refractivity contribution in [3.8, 4) is 0 Å². The lowest BCUT2D eigenvalue weighted by molar-refractivity contribution is -0.137. The van der Waals surface area contributed by atoms with E-state index < -0.39 is 5.97 Å². The third kappa shape index (κ3) is 2.60. The number of carboxylic acids is 1. The zero-order valence-corrected chi connectivity index (χ0v) is 6.69. The minimum atomic E-state index is -0.653. The lowest BCUT2D eigenvalue weighted by Crippen LogP contribution is -2.13. The number of aliphatic carboxylic acids is 1. The van der Waals surface area contributed by atoms with Gasteiger partial charge in [-0.2, -0.15) is 11.8 Å². The van der Waals surface area contributed by atoms with Crippen LogP contribution in [0.2, 0.25) is 0 Å². The SMILES string of the molecule is O=C(O)CC1CCCCS1. The van der Waals surface area contributed by atoms with Crippen molar-refractivity contribution in [2.24, 2.45) is 0 Å². The molecular formula is C7H12O2S. The molecule has 0 amide bonds. The lowest BCUT2D eigenvalue weighted by atomic mass is 10.1. The summed E-state index contributed by atoms with van der Waals surface area (Å²) in [5, 5.41) is 8.85. The van der Waals surface area contributed by atoms with Crippen molar-refractivity contribution in [3.05, 3.63) is 0 Å². The topological polar surface area (TPSA) is 37.3 Å². The van der Waals surface area contributed by atoms with Gasteiger partial charge in [-0.15, -0.1) is 0 Å². The summed E-state index contributed by atoms with van der Waals surface area (Å²) in [4.78, 5) is 10.3. The Hall–Kier alpha value is -0.180. The van der Waals surface area contributed by atoms with E-state index in [-0.39, 0.29) is 0 Å². The average molecular weight is 160 g/mol. The van der Waals surface area contributed by atoms with Crippen LogP contribution < -0.4 is 0 Å². The van der Waals surface area contributed by atoms with Crippen molar-refractivity contribution in [1.82, 2.24) is 0 Å². The summed E-state index contributed by atoms with van der Waals surface area (Å²) in [6.07, 6.45) is 3.92. The van der Waals surface area contributed by atoms with Crippen LogP contribution in [0.1, 0.15) is 25.7 Å². The molecule has 0 radical (unpaired) electrons. The average Bonchev–Trinajstić information content (AvgIpc) is 1.88. The normalized spacial score (nSPS) is 26.2. The molecule has 0 spiro atoms. The van der Waals surface area contributed by atoms with Gasteiger partial charge in [-0.1, -0.05) is 6.42 Å². The molecule has 0 aromatic carbocycles. The highest BCUT2D eigenvalue weighted by Crippen LogP contribution is 2.27. The fraction of sp³-hybridized carbons (Fsp3) is 0.857. The van der Waals surface area contributed by atoms with Crippen molar-refractivity contribution < 1.29 is 9.90 Å². The molecule has 1 unspecified atom stereocenters. The summed E-state index contributed by atoms with van der Waals surface area (Å²) in [5.74, 6) is 0.497. The van der Waals surface area contributed by atoms with Gasteiger partial charge in [0.15, 0.2) is 0 Å². The van der Waals surface area contributed by atoms with Gasteiger partial charge in [0.05, 0.1) is 6.42 Å². The number of carboxylic acid groups (broad SMARTS) is 1. The third-order valence-corrected chi connectivity index (χ3v) is 3.07. The van der Waals surface area contributed by atoms with Crippen molar-refractivity contribution in [1.29, 1.82) is 0 Å². The van der Waals surface area contributed by atoms with Gasteiger partial charge in [-0.3, -0.25) is 4.79 Å². The summed E-state index contributed by atoms with van der Waals surface area (Å²) in [5.41, 5.74) is 0. The Morgan fingerprint density at radius 3 is 2.90 bits per heavy atom. The summed E-state index contributed by atoms with van der Waals surface area (Å²) < 4.78 is 0. The monoisotopic (exact) mass is 160 g/mol. The maximum absolute atomic E-state index is 10.3. The number of carbonyl (C=O) groups is 1. The van der Waals surface area contributed by atoms with E-state index in [0.717, 1.165) is 12.2 Å². The van der Waals surface area contributed by atoms with Gasteiger partial charge in [-0.25, -0.2) is 0 Å². The zero-order chi connectivity index (χ0) is 7.40. The molecule has 10 heavy (non-hydrogen) atoms. The first-order valence-corrected chi connectivity index (χ1v) is 4.67. The van der Waals surface area contributed by atoms with Crippen LogP contribution in [0.4, 0.5) is 0 Å². The fourth-order valence-electron chi connectivity index (χ4n) is 1.16. The van der Waals surface area contributed by atoms with Crippen LogP contribution in [-0.4, -0.2) is 22.1 Å². The first-order valence-electron chi connectivity index (χ1n) is 3.62. The van der Waals surface area contributed by atoms with Gasteiger partial charge >= 0.3 is 5.97 Å². The predicted octanol–water partition coefficient (Wildman–Crippen LogP) is 1.75. The Morgan fingerprint density at radius 2 is 2.40 bits per heavy atom. The summed E-state index contributed by atoms with van der Waals surface area (Å²) in [7, 11) is 0. The van der Waals surface area contributed by atoms with Crippen molar-refractivity contribution in [2.45, 2.75) is 30.9 Å². The van der Waals surface area contributed by atoms with Crippen LogP contribution in [-0.2, 0) is 4.79 Å². The Labute approximate surface area is 65.0 Å². The largest absolute Gasteiger partial charge is 0.481 e. The van der Waals surface area contributed by atoms with Crippen LogP contribution in [0.25, 0.3) is 0 Å². The molecule has 0 bridgehead atoms. The molecule has 1 saturated heterocycles. The molecule has 1 fully saturated rings. The molecule has 3 heteroatoms. The van der Waals surface area contributed by atoms with Crippen LogP contribution in [0.5, 0.6) is 0 Å². The number of rotatable bonds is 2. The van der Waals surface area contributed by atoms with Crippen LogP contribution in [0, 0.1) is 0 Å². The molecule has 1 aliphatic rings. The zero-order valence-electron chi connectivity index (χ0n) is 5.88. The van der Waals surface area contributed by atoms with Gasteiger partial charge in [0.2, 0.25) is 0 Å². The minimum Gasteiger partial charge on any atom is -0.481 e. The Kier molecular flexibility index (Phi) is 3.06. The Morgan fingerprint density at radius 1 is 1.60 bits per heavy atom. The second-order valence-corrected chi connectivity index (χ2v) is 3.99. The van der Waals surface area contributed by atoms with E-state index >= 15 is 0 Å². The molecule has 1 aliphatic heterocycles. The Balaban J connectivity index is 2.19. The molecule has 1 N–H and O–H groups in total. The minimum absolute atomic E-state index is 0.352. The lowest BCUT2D eigenvalue weighted by Gasteiger charge is -2.18. The highest BCUT2D eigenvalue weighted by molar-refractivity contribution is 7.99. The van der Waals surface area contributed by atoms with Crippen LogP contribution in [0.15, 0.2) is 0 Å². The molecule has 1 rings (SSSR count). The van der Waals surface area contributed by atoms with Gasteiger partial charge in [0.25, 0.3) is 0 Å². The predicted molar refractivity (Wildman–Crippen MR) is 42.3 cm³/mol. The maximum Gasteiger partial charge on any atom is 0.304 e. The highest BCUT2D eigenvalue weighted by atomic mass is 32.2. The molecule has 58 valence electrons. The number of thioether (sulfide) groups is 1. The van der Waals surface area contributed by atoms with Gasteiger partial charge in [-0.05, 0) is 18.6 Å². The van der Waals surface area contributed by atoms with E-state index in [1.54, 1.807) is 0 Å². The third-order valence-electron chi connectivity index (χ3n) is 1.68. The summed E-state index contributed by atoms with van der Waals surface area (Å²) in [6, 6.07) is 0. The fourth-order valence-corrected chi connectivity index (χ4v) is 2.46. The first kappa shape index (κ1) is 7.92. The van der Waals surface area contributed by atoms with Crippen molar-refractivity contribution >= 4 is 17.7 Å². The van der Waals surface area contributed by atoms with E-state index in [0.29, 0.717) is 11.7 Å². The van der Waals surface area contributed by atoms with Crippen molar-refractivity contribution in [3.63, 3.8) is 0 Å². The van der Waals surface area contributed by atoms with E-state index in [9.17, 15) is 4.79 Å². The second-order valence-electron chi connectivity index (χ2n) is 2.59. The van der Waals surface area contributed by atoms with Gasteiger partial charge in [0.1, 0.15) is 0 Å². The molecule has 1 atom stereocenters. The molecule has 2 nitrogen and oxygen atoms in total. The molecular weight excluding hydrogens is 148 g/mol. The summed E-state index contributed by atoms with van der Waals surface area (Å²) in [6.45, 7) is 0. The smallest absolute Gasteiger partial charge is 0.304 e. The van der Waals surface area contributed by atoms with Crippen LogP contribution in [0.3, 0.4) is 0 Å². The van der Waals surface area contributed by atoms with E-state index in [4.69, 9.17) is 5.11 Å². The maximum atomic E-state index is 10.3. The molecule has 0 saturated carbocycles. The molecule has 0 aromatic heterocycles. The molecule has 1 heterocycles. The molecule has 0 aliphatic carbocycles. The standard InChI is InChI=1S/C7H12O2S/c8-7(9)5-6-3-1-2-4-10-6/h6H,1-5H2,(H,8,9). The van der Waals surface area contributed by atoms with E-state index in [1.165, 1.54) is 12.8 Å². The highest BCUT2D eigenvalue weighted by Gasteiger charge is 2.16. The first-order chi connectivity index (χ1) is 4.79. The van der Waals surface area contributed by atoms with E-state index in [1.807, 2.05) is 11.8 Å². The van der Waals surface area contributed by atoms with Crippen LogP contribution >= 0.6 is 11.8 Å². The number of hydrogen-bond acceptors (Lipinski definition) is 2. The van der Waals surface area contributed by atoms with E-state index in [2.05, 4.69) is 0 Å². The quantitative estimate of drug-likeness (QED) is 0.668.